The summed E-state index contributed by atoms with van der Waals surface area (Å²) in [5.41, 5.74) is 0. The molecule has 0 atom stereocenters. The Morgan fingerprint density at radius 2 is 2.11 bits per heavy atom. The van der Waals surface area contributed by atoms with Crippen molar-refractivity contribution in [3.05, 3.63) is 11.6 Å². The van der Waals surface area contributed by atoms with E-state index in [0.717, 1.165) is 0 Å². The van der Waals surface area contributed by atoms with E-state index in [2.05, 4.69) is 20.5 Å². The van der Waals surface area contributed by atoms with Crippen molar-refractivity contribution >= 4 is 15.7 Å². The van der Waals surface area contributed by atoms with Gasteiger partial charge in [0.15, 0.2) is 9.84 Å². The molecule has 8 heteroatoms. The molecule has 0 aliphatic rings. The Labute approximate surface area is 106 Å². The summed E-state index contributed by atoms with van der Waals surface area (Å²) in [6.45, 7) is 5.49. The van der Waals surface area contributed by atoms with E-state index >= 15 is 0 Å². The Balaban J connectivity index is 2.50. The number of nitrogens with zero attached hydrogens (tertiary/aromatic N) is 2. The van der Waals surface area contributed by atoms with Crippen LogP contribution in [0.2, 0.25) is 0 Å². The van der Waals surface area contributed by atoms with Gasteiger partial charge >= 0.3 is 0 Å². The number of sulfone groups is 1. The van der Waals surface area contributed by atoms with E-state index in [0.29, 0.717) is 5.82 Å². The molecule has 0 saturated heterocycles. The molecule has 7 nitrogen and oxygen atoms in total. The van der Waals surface area contributed by atoms with Crippen LogP contribution < -0.4 is 5.32 Å². The maximum Gasteiger partial charge on any atom is 0.290 e. The van der Waals surface area contributed by atoms with E-state index in [1.807, 2.05) is 13.8 Å². The maximum atomic E-state index is 11.6. The second-order valence-corrected chi connectivity index (χ2v) is 6.66. The summed E-state index contributed by atoms with van der Waals surface area (Å²) < 4.78 is 22.4. The number of hydrogen-bond donors (Lipinski definition) is 2. The van der Waals surface area contributed by atoms with Crippen LogP contribution in [0.5, 0.6) is 0 Å². The molecule has 0 fully saturated rings. The number of aromatic amines is 1. The maximum absolute atomic E-state index is 11.6. The SMILES string of the molecule is CCS(=O)(=O)CCNC(=O)c1n[nH]c(C(C)C)n1. The molecule has 102 valence electrons. The van der Waals surface area contributed by atoms with Gasteiger partial charge in [-0.2, -0.15) is 0 Å². The first-order chi connectivity index (χ1) is 8.35. The Kier molecular flexibility index (Phi) is 4.83. The first-order valence-corrected chi connectivity index (χ1v) is 7.58. The Morgan fingerprint density at radius 3 is 2.61 bits per heavy atom. The first-order valence-electron chi connectivity index (χ1n) is 5.76. The molecule has 1 aromatic rings. The summed E-state index contributed by atoms with van der Waals surface area (Å²) >= 11 is 0. The van der Waals surface area contributed by atoms with Gasteiger partial charge in [0.25, 0.3) is 5.91 Å². The largest absolute Gasteiger partial charge is 0.348 e. The average molecular weight is 274 g/mol. The second-order valence-electron chi connectivity index (χ2n) is 4.19. The third-order valence-electron chi connectivity index (χ3n) is 2.39. The van der Waals surface area contributed by atoms with Crippen molar-refractivity contribution in [1.29, 1.82) is 0 Å². The summed E-state index contributed by atoms with van der Waals surface area (Å²) in [6, 6.07) is 0. The number of hydrogen-bond acceptors (Lipinski definition) is 5. The number of carbonyl (C=O) groups is 1. The number of aromatic nitrogens is 3. The van der Waals surface area contributed by atoms with Gasteiger partial charge in [0.05, 0.1) is 5.75 Å². The van der Waals surface area contributed by atoms with Crippen molar-refractivity contribution in [1.82, 2.24) is 20.5 Å². The number of rotatable bonds is 6. The molecular weight excluding hydrogens is 256 g/mol. The van der Waals surface area contributed by atoms with Gasteiger partial charge in [-0.05, 0) is 0 Å². The highest BCUT2D eigenvalue weighted by atomic mass is 32.2. The fourth-order valence-corrected chi connectivity index (χ4v) is 1.88. The normalized spacial score (nSPS) is 11.8. The molecule has 0 bridgehead atoms. The summed E-state index contributed by atoms with van der Waals surface area (Å²) in [4.78, 5) is 15.6. The second kappa shape index (κ2) is 5.94. The van der Waals surface area contributed by atoms with Crippen molar-refractivity contribution in [2.45, 2.75) is 26.7 Å². The highest BCUT2D eigenvalue weighted by Crippen LogP contribution is 2.07. The van der Waals surface area contributed by atoms with Gasteiger partial charge in [-0.25, -0.2) is 13.4 Å². The van der Waals surface area contributed by atoms with Crippen LogP contribution in [0.15, 0.2) is 0 Å². The van der Waals surface area contributed by atoms with E-state index < -0.39 is 15.7 Å². The molecule has 18 heavy (non-hydrogen) atoms. The van der Waals surface area contributed by atoms with Crippen LogP contribution in [0.4, 0.5) is 0 Å². The zero-order valence-corrected chi connectivity index (χ0v) is 11.5. The molecule has 0 unspecified atom stereocenters. The summed E-state index contributed by atoms with van der Waals surface area (Å²) in [5, 5.41) is 8.92. The van der Waals surface area contributed by atoms with Crippen molar-refractivity contribution in [3.8, 4) is 0 Å². The van der Waals surface area contributed by atoms with Gasteiger partial charge in [-0.3, -0.25) is 9.89 Å². The molecule has 1 amide bonds. The minimum absolute atomic E-state index is 0.0348. The van der Waals surface area contributed by atoms with E-state index in [9.17, 15) is 13.2 Å². The molecule has 0 aliphatic heterocycles. The summed E-state index contributed by atoms with van der Waals surface area (Å²) in [7, 11) is -3.07. The van der Waals surface area contributed by atoms with Gasteiger partial charge in [0, 0.05) is 18.2 Å². The quantitative estimate of drug-likeness (QED) is 0.765. The predicted molar refractivity (Wildman–Crippen MR) is 67.1 cm³/mol. The Bertz CT molecular complexity index is 507. The van der Waals surface area contributed by atoms with E-state index in [4.69, 9.17) is 0 Å². The van der Waals surface area contributed by atoms with E-state index in [-0.39, 0.29) is 29.8 Å². The lowest BCUT2D eigenvalue weighted by Gasteiger charge is -2.02. The lowest BCUT2D eigenvalue weighted by atomic mass is 10.2. The van der Waals surface area contributed by atoms with Crippen molar-refractivity contribution in [2.24, 2.45) is 0 Å². The van der Waals surface area contributed by atoms with Crippen LogP contribution in [-0.4, -0.2) is 47.6 Å². The Hall–Kier alpha value is -1.44. The van der Waals surface area contributed by atoms with Gasteiger partial charge < -0.3 is 5.32 Å². The molecule has 0 saturated carbocycles. The van der Waals surface area contributed by atoms with Gasteiger partial charge in [-0.1, -0.05) is 20.8 Å². The van der Waals surface area contributed by atoms with Gasteiger partial charge in [-0.15, -0.1) is 5.10 Å². The van der Waals surface area contributed by atoms with Crippen LogP contribution in [0.25, 0.3) is 0 Å². The molecule has 0 aliphatic carbocycles. The molecule has 1 rings (SSSR count). The molecular formula is C10H18N4O3S. The lowest BCUT2D eigenvalue weighted by Crippen LogP contribution is -2.30. The molecule has 2 N–H and O–H groups in total. The lowest BCUT2D eigenvalue weighted by molar-refractivity contribution is 0.0946. The fourth-order valence-electron chi connectivity index (χ4n) is 1.18. The standard InChI is InChI=1S/C10H18N4O3S/c1-4-18(16,17)6-5-11-10(15)9-12-8(7(2)3)13-14-9/h7H,4-6H2,1-3H3,(H,11,15)(H,12,13,14). The zero-order chi connectivity index (χ0) is 13.8. The summed E-state index contributed by atoms with van der Waals surface area (Å²) in [5.74, 6) is 0.343. The third-order valence-corrected chi connectivity index (χ3v) is 4.10. The first kappa shape index (κ1) is 14.6. The van der Waals surface area contributed by atoms with Crippen LogP contribution in [-0.2, 0) is 9.84 Å². The van der Waals surface area contributed by atoms with E-state index in [1.54, 1.807) is 6.92 Å². The van der Waals surface area contributed by atoms with E-state index in [1.165, 1.54) is 0 Å². The van der Waals surface area contributed by atoms with Gasteiger partial charge in [0.1, 0.15) is 5.82 Å². The van der Waals surface area contributed by atoms with Crippen LogP contribution in [0, 0.1) is 0 Å². The molecule has 1 aromatic heterocycles. The number of amides is 1. The number of H-pyrrole nitrogens is 1. The molecule has 0 spiro atoms. The van der Waals surface area contributed by atoms with Crippen LogP contribution in [0.1, 0.15) is 43.1 Å². The molecule has 0 radical (unpaired) electrons. The number of carbonyl (C=O) groups excluding carboxylic acids is 1. The highest BCUT2D eigenvalue weighted by molar-refractivity contribution is 7.91. The topological polar surface area (TPSA) is 105 Å². The smallest absolute Gasteiger partial charge is 0.290 e. The average Bonchev–Trinajstić information content (AvgIpc) is 2.78. The summed E-state index contributed by atoms with van der Waals surface area (Å²) in [6.07, 6.45) is 0. The number of nitrogens with one attached hydrogen (secondary N) is 2. The highest BCUT2D eigenvalue weighted by Gasteiger charge is 2.14. The predicted octanol–water partition coefficient (Wildman–Crippen LogP) is 0.0926. The molecule has 1 heterocycles. The van der Waals surface area contributed by atoms with Crippen molar-refractivity contribution in [2.75, 3.05) is 18.1 Å². The van der Waals surface area contributed by atoms with Gasteiger partial charge in [0.2, 0.25) is 5.82 Å². The van der Waals surface area contributed by atoms with Crippen molar-refractivity contribution < 1.29 is 13.2 Å². The van der Waals surface area contributed by atoms with Crippen molar-refractivity contribution in [3.63, 3.8) is 0 Å². The minimum Gasteiger partial charge on any atom is -0.348 e. The minimum atomic E-state index is -3.07. The fraction of sp³-hybridized carbons (Fsp3) is 0.700. The van der Waals surface area contributed by atoms with Crippen LogP contribution in [0.3, 0.4) is 0 Å². The zero-order valence-electron chi connectivity index (χ0n) is 10.7. The third kappa shape index (κ3) is 4.10. The monoisotopic (exact) mass is 274 g/mol. The Morgan fingerprint density at radius 1 is 1.44 bits per heavy atom. The molecule has 0 aromatic carbocycles. The van der Waals surface area contributed by atoms with Crippen LogP contribution >= 0.6 is 0 Å².